The van der Waals surface area contributed by atoms with Crippen LogP contribution >= 0.6 is 11.6 Å². The number of halogens is 1. The molecule has 1 amide bonds. The standard InChI is InChI=1S/C19H15ClN2O2/c20-17-10-8-14(9-11-17)12-21-19(23)24-22-13-16-6-3-5-15-4-1-2-7-18(15)16/h1-11,13H,12H2,(H,21,23)/b22-13+. The van der Waals surface area contributed by atoms with Crippen molar-refractivity contribution in [2.75, 3.05) is 0 Å². The number of hydrogen-bond acceptors (Lipinski definition) is 3. The van der Waals surface area contributed by atoms with E-state index < -0.39 is 6.09 Å². The van der Waals surface area contributed by atoms with Crippen LogP contribution < -0.4 is 5.32 Å². The zero-order chi connectivity index (χ0) is 16.8. The highest BCUT2D eigenvalue weighted by atomic mass is 35.5. The number of carbonyl (C=O) groups is 1. The zero-order valence-corrected chi connectivity index (χ0v) is 13.5. The monoisotopic (exact) mass is 338 g/mol. The lowest BCUT2D eigenvalue weighted by Crippen LogP contribution is -2.22. The first-order valence-electron chi connectivity index (χ1n) is 7.43. The summed E-state index contributed by atoms with van der Waals surface area (Å²) in [6, 6.07) is 21.0. The maximum Gasteiger partial charge on any atom is 0.433 e. The van der Waals surface area contributed by atoms with Crippen LogP contribution in [0.1, 0.15) is 11.1 Å². The molecule has 0 fully saturated rings. The Morgan fingerprint density at radius 2 is 1.79 bits per heavy atom. The fraction of sp³-hybridized carbons (Fsp3) is 0.0526. The normalized spacial score (nSPS) is 10.9. The summed E-state index contributed by atoms with van der Waals surface area (Å²) in [6.07, 6.45) is 0.922. The van der Waals surface area contributed by atoms with E-state index >= 15 is 0 Å². The maximum atomic E-state index is 11.7. The average molecular weight is 339 g/mol. The highest BCUT2D eigenvalue weighted by Crippen LogP contribution is 2.16. The van der Waals surface area contributed by atoms with Crippen LogP contribution in [0.5, 0.6) is 0 Å². The fourth-order valence-electron chi connectivity index (χ4n) is 2.30. The van der Waals surface area contributed by atoms with Crippen LogP contribution in [0.4, 0.5) is 4.79 Å². The smallest absolute Gasteiger partial charge is 0.316 e. The van der Waals surface area contributed by atoms with E-state index in [1.807, 2.05) is 54.6 Å². The number of amides is 1. The topological polar surface area (TPSA) is 50.7 Å². The van der Waals surface area contributed by atoms with Crippen molar-refractivity contribution in [2.24, 2.45) is 5.16 Å². The molecule has 0 saturated carbocycles. The van der Waals surface area contributed by atoms with Gasteiger partial charge in [-0.3, -0.25) is 4.84 Å². The minimum atomic E-state index is -0.610. The summed E-state index contributed by atoms with van der Waals surface area (Å²) >= 11 is 5.81. The molecule has 0 aromatic heterocycles. The van der Waals surface area contributed by atoms with Crippen LogP contribution in [0.2, 0.25) is 5.02 Å². The van der Waals surface area contributed by atoms with Crippen molar-refractivity contribution in [1.29, 1.82) is 0 Å². The quantitative estimate of drug-likeness (QED) is 0.424. The fourth-order valence-corrected chi connectivity index (χ4v) is 2.43. The predicted octanol–water partition coefficient (Wildman–Crippen LogP) is 4.75. The molecule has 0 atom stereocenters. The van der Waals surface area contributed by atoms with Gasteiger partial charge in [0.15, 0.2) is 0 Å². The molecule has 4 nitrogen and oxygen atoms in total. The Morgan fingerprint density at radius 3 is 2.62 bits per heavy atom. The SMILES string of the molecule is O=C(NCc1ccc(Cl)cc1)O/N=C/c1cccc2ccccc12. The molecule has 0 heterocycles. The molecular weight excluding hydrogens is 324 g/mol. The number of hydrogen-bond donors (Lipinski definition) is 1. The van der Waals surface area contributed by atoms with Crippen molar-refractivity contribution < 1.29 is 9.63 Å². The lowest BCUT2D eigenvalue weighted by Gasteiger charge is -2.03. The second kappa shape index (κ2) is 7.62. The lowest BCUT2D eigenvalue weighted by molar-refractivity contribution is 0.151. The minimum absolute atomic E-state index is 0.347. The molecule has 24 heavy (non-hydrogen) atoms. The van der Waals surface area contributed by atoms with Gasteiger partial charge in [0.1, 0.15) is 0 Å². The van der Waals surface area contributed by atoms with Gasteiger partial charge in [0.05, 0.1) is 6.21 Å². The number of rotatable bonds is 4. The van der Waals surface area contributed by atoms with Crippen molar-refractivity contribution in [3.8, 4) is 0 Å². The Hall–Kier alpha value is -2.85. The van der Waals surface area contributed by atoms with Crippen molar-refractivity contribution in [2.45, 2.75) is 6.54 Å². The van der Waals surface area contributed by atoms with E-state index in [9.17, 15) is 4.79 Å². The van der Waals surface area contributed by atoms with Gasteiger partial charge in [-0.25, -0.2) is 4.79 Å². The van der Waals surface area contributed by atoms with E-state index in [4.69, 9.17) is 16.4 Å². The number of fused-ring (bicyclic) bond motifs is 1. The third-order valence-electron chi connectivity index (χ3n) is 3.50. The minimum Gasteiger partial charge on any atom is -0.316 e. The van der Waals surface area contributed by atoms with Gasteiger partial charge in [0.2, 0.25) is 0 Å². The second-order valence-corrected chi connectivity index (χ2v) is 5.60. The van der Waals surface area contributed by atoms with Crippen LogP contribution in [-0.4, -0.2) is 12.3 Å². The van der Waals surface area contributed by atoms with Crippen LogP contribution in [-0.2, 0) is 11.4 Å². The highest BCUT2D eigenvalue weighted by molar-refractivity contribution is 6.30. The molecule has 0 bridgehead atoms. The average Bonchev–Trinajstić information content (AvgIpc) is 2.61. The number of oxime groups is 1. The van der Waals surface area contributed by atoms with Crippen molar-refractivity contribution in [1.82, 2.24) is 5.32 Å². The predicted molar refractivity (Wildman–Crippen MR) is 96.3 cm³/mol. The van der Waals surface area contributed by atoms with Crippen LogP contribution in [0.3, 0.4) is 0 Å². The molecular formula is C19H15ClN2O2. The summed E-state index contributed by atoms with van der Waals surface area (Å²) in [5, 5.41) is 9.19. The van der Waals surface area contributed by atoms with Crippen LogP contribution in [0.25, 0.3) is 10.8 Å². The first kappa shape index (κ1) is 16.0. The summed E-state index contributed by atoms with van der Waals surface area (Å²) in [5.41, 5.74) is 1.81. The third-order valence-corrected chi connectivity index (χ3v) is 3.75. The molecule has 120 valence electrons. The molecule has 0 spiro atoms. The lowest BCUT2D eigenvalue weighted by atomic mass is 10.1. The van der Waals surface area contributed by atoms with Crippen molar-refractivity contribution >= 4 is 34.7 Å². The van der Waals surface area contributed by atoms with E-state index in [-0.39, 0.29) is 0 Å². The van der Waals surface area contributed by atoms with Crippen molar-refractivity contribution in [3.05, 3.63) is 82.9 Å². The Balaban J connectivity index is 1.57. The Morgan fingerprint density at radius 1 is 1.04 bits per heavy atom. The van der Waals surface area contributed by atoms with Gasteiger partial charge in [0.25, 0.3) is 0 Å². The van der Waals surface area contributed by atoms with E-state index in [2.05, 4.69) is 10.5 Å². The van der Waals surface area contributed by atoms with Crippen LogP contribution in [0.15, 0.2) is 71.9 Å². The maximum absolute atomic E-state index is 11.7. The molecule has 3 aromatic carbocycles. The zero-order valence-electron chi connectivity index (χ0n) is 12.8. The summed E-state index contributed by atoms with van der Waals surface area (Å²) in [7, 11) is 0. The Labute approximate surface area is 144 Å². The van der Waals surface area contributed by atoms with Crippen molar-refractivity contribution in [3.63, 3.8) is 0 Å². The van der Waals surface area contributed by atoms with E-state index in [0.29, 0.717) is 11.6 Å². The van der Waals surface area contributed by atoms with E-state index in [1.54, 1.807) is 12.1 Å². The second-order valence-electron chi connectivity index (χ2n) is 5.16. The van der Waals surface area contributed by atoms with Crippen LogP contribution in [0, 0.1) is 0 Å². The summed E-state index contributed by atoms with van der Waals surface area (Å²) in [6.45, 7) is 0.347. The van der Waals surface area contributed by atoms with E-state index in [0.717, 1.165) is 21.9 Å². The largest absolute Gasteiger partial charge is 0.433 e. The van der Waals surface area contributed by atoms with Gasteiger partial charge in [-0.05, 0) is 28.5 Å². The number of benzene rings is 3. The summed E-state index contributed by atoms with van der Waals surface area (Å²) < 4.78 is 0. The molecule has 5 heteroatoms. The molecule has 0 saturated heterocycles. The Bertz CT molecular complexity index is 871. The highest BCUT2D eigenvalue weighted by Gasteiger charge is 2.02. The third kappa shape index (κ3) is 4.12. The number of nitrogens with one attached hydrogen (secondary N) is 1. The molecule has 3 aromatic rings. The molecule has 1 N–H and O–H groups in total. The Kier molecular flexibility index (Phi) is 5.08. The number of nitrogens with zero attached hydrogens (tertiary/aromatic N) is 1. The molecule has 0 aliphatic heterocycles. The molecule has 0 aliphatic carbocycles. The van der Waals surface area contributed by atoms with Gasteiger partial charge in [-0.15, -0.1) is 0 Å². The molecule has 0 radical (unpaired) electrons. The van der Waals surface area contributed by atoms with Gasteiger partial charge >= 0.3 is 6.09 Å². The molecule has 0 unspecified atom stereocenters. The van der Waals surface area contributed by atoms with Gasteiger partial charge < -0.3 is 5.32 Å². The first-order chi connectivity index (χ1) is 11.7. The first-order valence-corrected chi connectivity index (χ1v) is 7.80. The summed E-state index contributed by atoms with van der Waals surface area (Å²) in [5.74, 6) is 0. The number of carbonyl (C=O) groups excluding carboxylic acids is 1. The van der Waals surface area contributed by atoms with E-state index in [1.165, 1.54) is 6.21 Å². The molecule has 0 aliphatic rings. The summed E-state index contributed by atoms with van der Waals surface area (Å²) in [4.78, 5) is 16.5. The van der Waals surface area contributed by atoms with Gasteiger partial charge in [0, 0.05) is 17.1 Å². The van der Waals surface area contributed by atoms with Gasteiger partial charge in [-0.1, -0.05) is 71.4 Å². The molecule has 3 rings (SSSR count). The van der Waals surface area contributed by atoms with Gasteiger partial charge in [-0.2, -0.15) is 0 Å².